The Morgan fingerprint density at radius 2 is 1.02 bits per heavy atom. The zero-order chi connectivity index (χ0) is 31.3. The standard InChI is InChI=1S/C42H72N2/c1-29(2)31-11-15-35-33(25-31)13-17-37-39(5,19-9-21-41(35,37)7)27-43-23-24-44-28-40(6)20-10-22-42(8)36-16-12-32(30(3)4)26-34(36)14-18-38(40)42/h13-14,29-32,35-38,43-44H,9-12,15-28H2,1-8H3/t31?,32?,35-,36-,37?,38?,39-,40-,41-,42-/m1/s1. The summed E-state index contributed by atoms with van der Waals surface area (Å²) in [7, 11) is 0. The largest absolute Gasteiger partial charge is 0.315 e. The van der Waals surface area contributed by atoms with Crippen LogP contribution in [0, 0.1) is 69.0 Å². The first-order valence-corrected chi connectivity index (χ1v) is 19.7. The number of fused-ring (bicyclic) bond motifs is 6. The molecule has 6 aliphatic carbocycles. The summed E-state index contributed by atoms with van der Waals surface area (Å²) >= 11 is 0. The Labute approximate surface area is 273 Å². The maximum atomic E-state index is 4.01. The molecular formula is C42H72N2. The van der Waals surface area contributed by atoms with E-state index in [1.807, 2.05) is 11.1 Å². The van der Waals surface area contributed by atoms with Crippen LogP contribution in [0.4, 0.5) is 0 Å². The van der Waals surface area contributed by atoms with Crippen molar-refractivity contribution in [2.24, 2.45) is 69.0 Å². The molecular weight excluding hydrogens is 532 g/mol. The predicted molar refractivity (Wildman–Crippen MR) is 190 cm³/mol. The lowest BCUT2D eigenvalue weighted by Gasteiger charge is -2.59. The molecule has 0 aromatic rings. The van der Waals surface area contributed by atoms with Gasteiger partial charge in [0.2, 0.25) is 0 Å². The van der Waals surface area contributed by atoms with Gasteiger partial charge >= 0.3 is 0 Å². The van der Waals surface area contributed by atoms with Crippen molar-refractivity contribution in [1.29, 1.82) is 0 Å². The molecule has 0 saturated heterocycles. The second-order valence-corrected chi connectivity index (χ2v) is 19.2. The highest BCUT2D eigenvalue weighted by molar-refractivity contribution is 5.24. The van der Waals surface area contributed by atoms with Gasteiger partial charge in [-0.1, -0.05) is 91.5 Å². The highest BCUT2D eigenvalue weighted by Crippen LogP contribution is 2.64. The third kappa shape index (κ3) is 5.97. The molecule has 2 N–H and O–H groups in total. The summed E-state index contributed by atoms with van der Waals surface area (Å²) in [5.41, 5.74) is 5.61. The van der Waals surface area contributed by atoms with Crippen LogP contribution in [0.5, 0.6) is 0 Å². The number of rotatable bonds is 9. The highest BCUT2D eigenvalue weighted by atomic mass is 15.0. The van der Waals surface area contributed by atoms with Gasteiger partial charge in [0.25, 0.3) is 0 Å². The Morgan fingerprint density at radius 1 is 0.614 bits per heavy atom. The first-order chi connectivity index (χ1) is 20.9. The molecule has 0 aromatic heterocycles. The van der Waals surface area contributed by atoms with E-state index in [2.05, 4.69) is 78.2 Å². The lowest BCUT2D eigenvalue weighted by atomic mass is 9.46. The van der Waals surface area contributed by atoms with Gasteiger partial charge in [-0.15, -0.1) is 0 Å². The van der Waals surface area contributed by atoms with E-state index in [0.717, 1.165) is 60.4 Å². The van der Waals surface area contributed by atoms with Crippen molar-refractivity contribution >= 4 is 0 Å². The minimum Gasteiger partial charge on any atom is -0.315 e. The summed E-state index contributed by atoms with van der Waals surface area (Å²) in [6.07, 6.45) is 25.3. The van der Waals surface area contributed by atoms with Crippen molar-refractivity contribution in [3.8, 4) is 0 Å². The molecule has 10 atom stereocenters. The lowest BCUT2D eigenvalue weighted by molar-refractivity contribution is -0.0572. The summed E-state index contributed by atoms with van der Waals surface area (Å²) in [6, 6.07) is 0. The zero-order valence-corrected chi connectivity index (χ0v) is 30.5. The molecule has 0 aromatic carbocycles. The van der Waals surface area contributed by atoms with Gasteiger partial charge in [0.15, 0.2) is 0 Å². The molecule has 0 bridgehead atoms. The molecule has 0 heterocycles. The summed E-state index contributed by atoms with van der Waals surface area (Å²) in [5.74, 6) is 6.91. The summed E-state index contributed by atoms with van der Waals surface area (Å²) in [6.45, 7) is 25.1. The molecule has 6 aliphatic rings. The number of hydrogen-bond acceptors (Lipinski definition) is 2. The monoisotopic (exact) mass is 605 g/mol. The molecule has 4 fully saturated rings. The average molecular weight is 605 g/mol. The molecule has 4 saturated carbocycles. The Kier molecular flexibility index (Phi) is 9.68. The fraction of sp³-hybridized carbons (Fsp3) is 0.905. The molecule has 0 aliphatic heterocycles. The number of allylic oxidation sites excluding steroid dienone is 4. The summed E-state index contributed by atoms with van der Waals surface area (Å²) < 4.78 is 0. The topological polar surface area (TPSA) is 24.1 Å². The van der Waals surface area contributed by atoms with Crippen LogP contribution < -0.4 is 10.6 Å². The van der Waals surface area contributed by atoms with Gasteiger partial charge < -0.3 is 10.6 Å². The van der Waals surface area contributed by atoms with Gasteiger partial charge in [0.05, 0.1) is 0 Å². The van der Waals surface area contributed by atoms with E-state index >= 15 is 0 Å². The van der Waals surface area contributed by atoms with Gasteiger partial charge in [0, 0.05) is 26.2 Å². The van der Waals surface area contributed by atoms with E-state index in [-0.39, 0.29) is 0 Å². The van der Waals surface area contributed by atoms with E-state index < -0.39 is 0 Å². The maximum absolute atomic E-state index is 4.01. The van der Waals surface area contributed by atoms with E-state index in [4.69, 9.17) is 0 Å². The smallest absolute Gasteiger partial charge is 0.00769 e. The van der Waals surface area contributed by atoms with Crippen molar-refractivity contribution in [2.45, 2.75) is 145 Å². The predicted octanol–water partition coefficient (Wildman–Crippen LogP) is 10.6. The van der Waals surface area contributed by atoms with E-state index in [9.17, 15) is 0 Å². The van der Waals surface area contributed by atoms with Crippen molar-refractivity contribution in [3.63, 3.8) is 0 Å². The molecule has 0 radical (unpaired) electrons. The van der Waals surface area contributed by atoms with Crippen LogP contribution >= 0.6 is 0 Å². The van der Waals surface area contributed by atoms with E-state index in [1.165, 1.54) is 103 Å². The first-order valence-electron chi connectivity index (χ1n) is 19.7. The Hall–Kier alpha value is -0.600. The third-order valence-corrected chi connectivity index (χ3v) is 16.0. The van der Waals surface area contributed by atoms with Crippen LogP contribution in [-0.2, 0) is 0 Å². The van der Waals surface area contributed by atoms with Gasteiger partial charge in [-0.3, -0.25) is 0 Å². The fourth-order valence-corrected chi connectivity index (χ4v) is 13.2. The SMILES string of the molecule is CC(C)C1CC[C@@H]2C(=CCC3[C@@](C)(CNCCNC[C@@]4(C)CCC[C@@]5(C)C4CC=C4CC(C(C)C)CC[C@H]45)CCC[C@@]32C)C1. The third-order valence-electron chi connectivity index (χ3n) is 16.0. The van der Waals surface area contributed by atoms with Crippen LogP contribution in [0.15, 0.2) is 23.3 Å². The lowest BCUT2D eigenvalue weighted by Crippen LogP contribution is -2.54. The zero-order valence-electron chi connectivity index (χ0n) is 30.5. The molecule has 2 heteroatoms. The van der Waals surface area contributed by atoms with Crippen LogP contribution in [0.25, 0.3) is 0 Å². The molecule has 250 valence electrons. The Morgan fingerprint density at radius 3 is 1.41 bits per heavy atom. The molecule has 2 nitrogen and oxygen atoms in total. The van der Waals surface area contributed by atoms with Crippen molar-refractivity contribution in [2.75, 3.05) is 26.2 Å². The van der Waals surface area contributed by atoms with Crippen LogP contribution in [-0.4, -0.2) is 26.2 Å². The second-order valence-electron chi connectivity index (χ2n) is 19.2. The van der Waals surface area contributed by atoms with E-state index in [0.29, 0.717) is 21.7 Å². The van der Waals surface area contributed by atoms with Crippen LogP contribution in [0.3, 0.4) is 0 Å². The molecule has 4 unspecified atom stereocenters. The minimum absolute atomic E-state index is 0.432. The van der Waals surface area contributed by atoms with Crippen molar-refractivity contribution < 1.29 is 0 Å². The normalized spacial score (nSPS) is 45.6. The minimum atomic E-state index is 0.432. The maximum Gasteiger partial charge on any atom is 0.00769 e. The fourth-order valence-electron chi connectivity index (χ4n) is 13.2. The van der Waals surface area contributed by atoms with Crippen molar-refractivity contribution in [1.82, 2.24) is 10.6 Å². The Bertz CT molecular complexity index is 986. The second kappa shape index (κ2) is 12.8. The van der Waals surface area contributed by atoms with Gasteiger partial charge in [-0.2, -0.15) is 0 Å². The molecule has 0 amide bonds. The van der Waals surface area contributed by atoms with E-state index in [1.54, 1.807) is 0 Å². The van der Waals surface area contributed by atoms with Gasteiger partial charge in [-0.25, -0.2) is 0 Å². The van der Waals surface area contributed by atoms with Crippen LogP contribution in [0.1, 0.15) is 145 Å². The number of nitrogens with one attached hydrogen (secondary N) is 2. The summed E-state index contributed by atoms with van der Waals surface area (Å²) in [4.78, 5) is 0. The molecule has 44 heavy (non-hydrogen) atoms. The quantitative estimate of drug-likeness (QED) is 0.202. The number of hydrogen-bond donors (Lipinski definition) is 2. The Balaban J connectivity index is 1.01. The molecule has 0 spiro atoms. The van der Waals surface area contributed by atoms with Gasteiger partial charge in [-0.05, 0) is 146 Å². The van der Waals surface area contributed by atoms with Gasteiger partial charge in [0.1, 0.15) is 0 Å². The van der Waals surface area contributed by atoms with Crippen LogP contribution in [0.2, 0.25) is 0 Å². The summed E-state index contributed by atoms with van der Waals surface area (Å²) in [5, 5.41) is 8.02. The molecule has 6 rings (SSSR count). The van der Waals surface area contributed by atoms with Crippen molar-refractivity contribution in [3.05, 3.63) is 23.3 Å². The highest BCUT2D eigenvalue weighted by Gasteiger charge is 2.56. The first kappa shape index (κ1) is 33.3. The average Bonchev–Trinajstić information content (AvgIpc) is 2.98.